The van der Waals surface area contributed by atoms with Gasteiger partial charge in [0.25, 0.3) is 0 Å². The van der Waals surface area contributed by atoms with Gasteiger partial charge in [0.1, 0.15) is 4.21 Å². The highest BCUT2D eigenvalue weighted by Gasteiger charge is 2.16. The van der Waals surface area contributed by atoms with Crippen molar-refractivity contribution in [3.63, 3.8) is 0 Å². The number of thiophene rings is 1. The summed E-state index contributed by atoms with van der Waals surface area (Å²) in [4.78, 5) is 0.177. The molecule has 1 aromatic rings. The summed E-state index contributed by atoms with van der Waals surface area (Å²) in [6.45, 7) is 2.41. The Kier molecular flexibility index (Phi) is 5.24. The standard InChI is InChI=1S/C8H11Br2NO2S2/c1-2-6(9)5-11-15(12,13)8-4-3-7(10)14-8/h3-4,6,11H,2,5H2,1H3. The van der Waals surface area contributed by atoms with Gasteiger partial charge >= 0.3 is 0 Å². The molecular formula is C8H11Br2NO2S2. The van der Waals surface area contributed by atoms with Gasteiger partial charge in [-0.3, -0.25) is 0 Å². The number of halogens is 2. The minimum atomic E-state index is -3.34. The molecular weight excluding hydrogens is 366 g/mol. The first-order chi connectivity index (χ1) is 6.95. The first kappa shape index (κ1) is 13.6. The molecule has 0 saturated heterocycles. The van der Waals surface area contributed by atoms with Crippen molar-refractivity contribution in [2.75, 3.05) is 6.54 Å². The molecule has 0 spiro atoms. The van der Waals surface area contributed by atoms with Gasteiger partial charge in [0.2, 0.25) is 10.0 Å². The molecule has 1 N–H and O–H groups in total. The Morgan fingerprint density at radius 1 is 1.53 bits per heavy atom. The molecule has 3 nitrogen and oxygen atoms in total. The second-order valence-corrected chi connectivity index (χ2v) is 8.67. The van der Waals surface area contributed by atoms with E-state index in [1.54, 1.807) is 12.1 Å². The van der Waals surface area contributed by atoms with Crippen LogP contribution in [0.5, 0.6) is 0 Å². The Hall–Kier alpha value is 0.570. The van der Waals surface area contributed by atoms with E-state index in [1.165, 1.54) is 11.3 Å². The number of alkyl halides is 1. The van der Waals surface area contributed by atoms with Crippen molar-refractivity contribution in [1.29, 1.82) is 0 Å². The van der Waals surface area contributed by atoms with Crippen LogP contribution in [0.2, 0.25) is 0 Å². The molecule has 0 radical (unpaired) electrons. The topological polar surface area (TPSA) is 46.2 Å². The van der Waals surface area contributed by atoms with Gasteiger partial charge in [-0.1, -0.05) is 22.9 Å². The quantitative estimate of drug-likeness (QED) is 0.803. The van der Waals surface area contributed by atoms with Gasteiger partial charge in [0.05, 0.1) is 3.79 Å². The lowest BCUT2D eigenvalue weighted by Crippen LogP contribution is -2.28. The Morgan fingerprint density at radius 3 is 2.67 bits per heavy atom. The summed E-state index contributed by atoms with van der Waals surface area (Å²) in [6, 6.07) is 3.32. The minimum absolute atomic E-state index is 0.177. The van der Waals surface area contributed by atoms with E-state index in [-0.39, 0.29) is 4.83 Å². The SMILES string of the molecule is CCC(Br)CNS(=O)(=O)c1ccc(Br)s1. The minimum Gasteiger partial charge on any atom is -0.209 e. The summed E-state index contributed by atoms with van der Waals surface area (Å²) in [7, 11) is -3.34. The Balaban J connectivity index is 2.68. The van der Waals surface area contributed by atoms with Crippen LogP contribution in [-0.4, -0.2) is 19.8 Å². The molecule has 0 aliphatic carbocycles. The third-order valence-corrected chi connectivity index (χ3v) is 6.26. The molecule has 0 saturated carbocycles. The van der Waals surface area contributed by atoms with Gasteiger partial charge in [0, 0.05) is 11.4 Å². The monoisotopic (exact) mass is 375 g/mol. The predicted octanol–water partition coefficient (Wildman–Crippen LogP) is 2.96. The number of rotatable bonds is 5. The lowest BCUT2D eigenvalue weighted by atomic mass is 10.3. The lowest BCUT2D eigenvalue weighted by molar-refractivity contribution is 0.582. The van der Waals surface area contributed by atoms with Crippen LogP contribution in [0.15, 0.2) is 20.1 Å². The van der Waals surface area contributed by atoms with Crippen LogP contribution in [0, 0.1) is 0 Å². The first-order valence-corrected chi connectivity index (χ1v) is 8.35. The van der Waals surface area contributed by atoms with Crippen LogP contribution in [-0.2, 0) is 10.0 Å². The van der Waals surface area contributed by atoms with E-state index in [0.717, 1.165) is 10.2 Å². The molecule has 1 aromatic heterocycles. The summed E-state index contributed by atoms with van der Waals surface area (Å²) in [5.74, 6) is 0. The maximum atomic E-state index is 11.7. The Bertz CT molecular complexity index is 416. The molecule has 0 fully saturated rings. The predicted molar refractivity (Wildman–Crippen MR) is 70.2 cm³/mol. The molecule has 15 heavy (non-hydrogen) atoms. The number of hydrogen-bond donors (Lipinski definition) is 1. The number of sulfonamides is 1. The summed E-state index contributed by atoms with van der Waals surface area (Å²) < 4.78 is 27.2. The van der Waals surface area contributed by atoms with Crippen molar-refractivity contribution < 1.29 is 8.42 Å². The molecule has 1 rings (SSSR count). The molecule has 1 heterocycles. The normalized spacial score (nSPS) is 14.1. The van der Waals surface area contributed by atoms with Crippen molar-refractivity contribution in [3.8, 4) is 0 Å². The zero-order valence-electron chi connectivity index (χ0n) is 8.04. The fourth-order valence-electron chi connectivity index (χ4n) is 0.858. The van der Waals surface area contributed by atoms with Crippen LogP contribution >= 0.6 is 43.2 Å². The maximum Gasteiger partial charge on any atom is 0.250 e. The molecule has 0 aromatic carbocycles. The summed E-state index contributed by atoms with van der Waals surface area (Å²) in [5.41, 5.74) is 0. The highest BCUT2D eigenvalue weighted by molar-refractivity contribution is 9.11. The van der Waals surface area contributed by atoms with Crippen molar-refractivity contribution in [3.05, 3.63) is 15.9 Å². The highest BCUT2D eigenvalue weighted by atomic mass is 79.9. The van der Waals surface area contributed by atoms with Crippen LogP contribution in [0.25, 0.3) is 0 Å². The second kappa shape index (κ2) is 5.77. The van der Waals surface area contributed by atoms with E-state index in [0.29, 0.717) is 10.8 Å². The van der Waals surface area contributed by atoms with Gasteiger partial charge < -0.3 is 0 Å². The van der Waals surface area contributed by atoms with Crippen LogP contribution in [0.3, 0.4) is 0 Å². The van der Waals surface area contributed by atoms with Gasteiger partial charge in [-0.25, -0.2) is 13.1 Å². The van der Waals surface area contributed by atoms with Gasteiger partial charge in [-0.15, -0.1) is 11.3 Å². The van der Waals surface area contributed by atoms with Gasteiger partial charge in [-0.2, -0.15) is 0 Å². The highest BCUT2D eigenvalue weighted by Crippen LogP contribution is 2.25. The van der Waals surface area contributed by atoms with E-state index in [1.807, 2.05) is 6.92 Å². The van der Waals surface area contributed by atoms with Crippen molar-refractivity contribution in [1.82, 2.24) is 4.72 Å². The van der Waals surface area contributed by atoms with Crippen LogP contribution in [0.1, 0.15) is 13.3 Å². The molecule has 0 aliphatic rings. The summed E-state index contributed by atoms with van der Waals surface area (Å²) in [5, 5.41) is 0. The van der Waals surface area contributed by atoms with Crippen molar-refractivity contribution in [2.45, 2.75) is 22.4 Å². The van der Waals surface area contributed by atoms with Crippen LogP contribution in [0.4, 0.5) is 0 Å². The average Bonchev–Trinajstić information content (AvgIpc) is 2.62. The zero-order chi connectivity index (χ0) is 11.5. The third kappa shape index (κ3) is 4.14. The Labute approximate surface area is 111 Å². The maximum absolute atomic E-state index is 11.7. The zero-order valence-corrected chi connectivity index (χ0v) is 12.8. The first-order valence-electron chi connectivity index (χ1n) is 4.34. The van der Waals surface area contributed by atoms with Gasteiger partial charge in [-0.05, 0) is 34.5 Å². The van der Waals surface area contributed by atoms with E-state index < -0.39 is 10.0 Å². The number of nitrogens with one attached hydrogen (secondary N) is 1. The van der Waals surface area contributed by atoms with E-state index >= 15 is 0 Å². The fourth-order valence-corrected chi connectivity index (χ4v) is 4.37. The van der Waals surface area contributed by atoms with E-state index in [2.05, 4.69) is 36.6 Å². The molecule has 0 aliphatic heterocycles. The number of hydrogen-bond acceptors (Lipinski definition) is 3. The van der Waals surface area contributed by atoms with Crippen molar-refractivity contribution >= 4 is 53.2 Å². The molecule has 0 bridgehead atoms. The second-order valence-electron chi connectivity index (χ2n) is 2.92. The Morgan fingerprint density at radius 2 is 2.20 bits per heavy atom. The lowest BCUT2D eigenvalue weighted by Gasteiger charge is -2.07. The largest absolute Gasteiger partial charge is 0.250 e. The third-order valence-electron chi connectivity index (χ3n) is 1.75. The van der Waals surface area contributed by atoms with E-state index in [9.17, 15) is 8.42 Å². The average molecular weight is 377 g/mol. The van der Waals surface area contributed by atoms with Crippen LogP contribution < -0.4 is 4.72 Å². The molecule has 7 heteroatoms. The molecule has 1 unspecified atom stereocenters. The van der Waals surface area contributed by atoms with E-state index in [4.69, 9.17) is 0 Å². The summed E-state index contributed by atoms with van der Waals surface area (Å²) in [6.07, 6.45) is 0.886. The molecule has 1 atom stereocenters. The van der Waals surface area contributed by atoms with Gasteiger partial charge in [0.15, 0.2) is 0 Å². The molecule has 0 amide bonds. The molecule has 86 valence electrons. The van der Waals surface area contributed by atoms with Crippen molar-refractivity contribution in [2.24, 2.45) is 0 Å². The fraction of sp³-hybridized carbons (Fsp3) is 0.500. The summed E-state index contributed by atoms with van der Waals surface area (Å²) >= 11 is 7.81. The smallest absolute Gasteiger partial charge is 0.209 e.